The first-order chi connectivity index (χ1) is 8.27. The zero-order valence-corrected chi connectivity index (χ0v) is 10.8. The van der Waals surface area contributed by atoms with E-state index in [4.69, 9.17) is 0 Å². The fourth-order valence-electron chi connectivity index (χ4n) is 1.97. The maximum absolute atomic E-state index is 9.86. The highest BCUT2D eigenvalue weighted by molar-refractivity contribution is 5.96. The lowest BCUT2D eigenvalue weighted by Crippen LogP contribution is -1.88. The van der Waals surface area contributed by atoms with Crippen LogP contribution in [0.4, 0.5) is 0 Å². The molecule has 1 N–H and O–H groups in total. The van der Waals surface area contributed by atoms with E-state index < -0.39 is 0 Å². The Morgan fingerprint density at radius 3 is 2.47 bits per heavy atom. The Kier molecular flexibility index (Phi) is 4.77. The van der Waals surface area contributed by atoms with Crippen molar-refractivity contribution in [3.8, 4) is 5.75 Å². The number of aromatic hydroxyl groups is 1. The summed E-state index contributed by atoms with van der Waals surface area (Å²) in [5.74, 6) is 0.331. The van der Waals surface area contributed by atoms with Crippen molar-refractivity contribution in [3.63, 3.8) is 0 Å². The molecular weight excluding hydrogens is 208 g/mol. The van der Waals surface area contributed by atoms with E-state index in [1.165, 1.54) is 5.56 Å². The van der Waals surface area contributed by atoms with Crippen LogP contribution < -0.4 is 0 Å². The summed E-state index contributed by atoms with van der Waals surface area (Å²) in [6.07, 6.45) is 2.77. The van der Waals surface area contributed by atoms with Gasteiger partial charge in [-0.1, -0.05) is 57.7 Å². The Morgan fingerprint density at radius 1 is 1.18 bits per heavy atom. The number of phenolic OH excluding ortho intramolecular Hbond substituents is 1. The molecule has 2 aromatic rings. The van der Waals surface area contributed by atoms with E-state index in [9.17, 15) is 5.11 Å². The molecule has 90 valence electrons. The number of rotatable bonds is 2. The third kappa shape index (κ3) is 2.50. The van der Waals surface area contributed by atoms with Gasteiger partial charge in [-0.25, -0.2) is 0 Å². The van der Waals surface area contributed by atoms with Crippen LogP contribution >= 0.6 is 0 Å². The first-order valence-corrected chi connectivity index (χ1v) is 6.14. The molecule has 2 aromatic carbocycles. The van der Waals surface area contributed by atoms with Gasteiger partial charge in [-0.3, -0.25) is 0 Å². The minimum Gasteiger partial charge on any atom is -0.507 e. The number of phenols is 1. The van der Waals surface area contributed by atoms with E-state index in [1.54, 1.807) is 6.07 Å². The molecular formula is C16H20O. The molecule has 0 fully saturated rings. The summed E-state index contributed by atoms with van der Waals surface area (Å²) in [4.78, 5) is 0. The normalized spacial score (nSPS) is 9.59. The van der Waals surface area contributed by atoms with Crippen LogP contribution in [0, 0.1) is 0 Å². The molecule has 0 spiro atoms. The van der Waals surface area contributed by atoms with Gasteiger partial charge in [0.1, 0.15) is 5.75 Å². The summed E-state index contributed by atoms with van der Waals surface area (Å²) in [5, 5.41) is 11.8. The van der Waals surface area contributed by atoms with Crippen molar-refractivity contribution >= 4 is 16.8 Å². The lowest BCUT2D eigenvalue weighted by molar-refractivity contribution is 0.481. The average Bonchev–Trinajstić information content (AvgIpc) is 2.40. The lowest BCUT2D eigenvalue weighted by Gasteiger charge is -2.09. The SMILES string of the molecule is C=Cc1c(CC)ccc2cccc(O)c12.CC. The summed E-state index contributed by atoms with van der Waals surface area (Å²) in [6.45, 7) is 9.92. The van der Waals surface area contributed by atoms with Crippen molar-refractivity contribution in [2.45, 2.75) is 27.2 Å². The third-order valence-electron chi connectivity index (χ3n) is 2.74. The minimum atomic E-state index is 0.331. The standard InChI is InChI=1S/C14H14O.C2H6/c1-3-10-8-9-11-6-5-7-13(15)14(11)12(10)4-2;1-2/h4-9,15H,2-3H2,1H3;1-2H3. The zero-order valence-electron chi connectivity index (χ0n) is 10.8. The molecule has 1 heteroatoms. The van der Waals surface area contributed by atoms with Gasteiger partial charge in [0.05, 0.1) is 0 Å². The molecule has 0 saturated carbocycles. The number of benzene rings is 2. The van der Waals surface area contributed by atoms with Gasteiger partial charge >= 0.3 is 0 Å². The van der Waals surface area contributed by atoms with Gasteiger partial charge in [-0.2, -0.15) is 0 Å². The molecule has 17 heavy (non-hydrogen) atoms. The van der Waals surface area contributed by atoms with Crippen LogP contribution in [-0.4, -0.2) is 5.11 Å². The Balaban J connectivity index is 0.000000686. The molecule has 0 unspecified atom stereocenters. The van der Waals surface area contributed by atoms with Crippen LogP contribution in [0.3, 0.4) is 0 Å². The smallest absolute Gasteiger partial charge is 0.124 e. The van der Waals surface area contributed by atoms with Crippen LogP contribution in [0.25, 0.3) is 16.8 Å². The first kappa shape index (κ1) is 13.3. The van der Waals surface area contributed by atoms with E-state index in [0.29, 0.717) is 5.75 Å². The van der Waals surface area contributed by atoms with E-state index in [-0.39, 0.29) is 0 Å². The van der Waals surface area contributed by atoms with Gasteiger partial charge in [0.15, 0.2) is 0 Å². The average molecular weight is 228 g/mol. The molecule has 0 atom stereocenters. The molecule has 0 radical (unpaired) electrons. The Labute approximate surface area is 103 Å². The van der Waals surface area contributed by atoms with Crippen molar-refractivity contribution in [3.05, 3.63) is 48.0 Å². The highest BCUT2D eigenvalue weighted by Crippen LogP contribution is 2.31. The summed E-state index contributed by atoms with van der Waals surface area (Å²) in [6, 6.07) is 9.71. The Hall–Kier alpha value is -1.76. The Morgan fingerprint density at radius 2 is 1.88 bits per heavy atom. The van der Waals surface area contributed by atoms with Crippen molar-refractivity contribution < 1.29 is 5.11 Å². The molecule has 2 rings (SSSR count). The fraction of sp³-hybridized carbons (Fsp3) is 0.250. The first-order valence-electron chi connectivity index (χ1n) is 6.14. The van der Waals surface area contributed by atoms with Gasteiger partial charge in [0, 0.05) is 5.39 Å². The van der Waals surface area contributed by atoms with Crippen molar-refractivity contribution in [2.75, 3.05) is 0 Å². The topological polar surface area (TPSA) is 20.2 Å². The number of hydrogen-bond donors (Lipinski definition) is 1. The van der Waals surface area contributed by atoms with E-state index in [2.05, 4.69) is 19.6 Å². The molecule has 0 heterocycles. The maximum atomic E-state index is 9.86. The molecule has 0 aliphatic heterocycles. The van der Waals surface area contributed by atoms with E-state index in [1.807, 2.05) is 38.1 Å². The van der Waals surface area contributed by atoms with Crippen LogP contribution in [0.5, 0.6) is 5.75 Å². The second-order valence-electron chi connectivity index (χ2n) is 3.57. The molecule has 1 nitrogen and oxygen atoms in total. The number of aryl methyl sites for hydroxylation is 1. The predicted molar refractivity (Wildman–Crippen MR) is 76.4 cm³/mol. The molecule has 0 amide bonds. The quantitative estimate of drug-likeness (QED) is 0.784. The van der Waals surface area contributed by atoms with Gasteiger partial charge in [-0.05, 0) is 29.0 Å². The summed E-state index contributed by atoms with van der Waals surface area (Å²) < 4.78 is 0. The van der Waals surface area contributed by atoms with Crippen molar-refractivity contribution in [1.82, 2.24) is 0 Å². The predicted octanol–water partition coefficient (Wildman–Crippen LogP) is 4.78. The van der Waals surface area contributed by atoms with E-state index in [0.717, 1.165) is 22.8 Å². The van der Waals surface area contributed by atoms with Crippen LogP contribution in [0.15, 0.2) is 36.9 Å². The second kappa shape index (κ2) is 6.09. The molecule has 0 aliphatic carbocycles. The molecule has 0 bridgehead atoms. The van der Waals surface area contributed by atoms with Gasteiger partial charge in [-0.15, -0.1) is 0 Å². The Bertz CT molecular complexity index is 512. The van der Waals surface area contributed by atoms with Crippen molar-refractivity contribution in [1.29, 1.82) is 0 Å². The maximum Gasteiger partial charge on any atom is 0.124 e. The lowest BCUT2D eigenvalue weighted by atomic mass is 9.97. The monoisotopic (exact) mass is 228 g/mol. The third-order valence-corrected chi connectivity index (χ3v) is 2.74. The van der Waals surface area contributed by atoms with Gasteiger partial charge in [0.25, 0.3) is 0 Å². The summed E-state index contributed by atoms with van der Waals surface area (Å²) >= 11 is 0. The number of hydrogen-bond acceptors (Lipinski definition) is 1. The van der Waals surface area contributed by atoms with Gasteiger partial charge in [0.2, 0.25) is 0 Å². The largest absolute Gasteiger partial charge is 0.507 e. The summed E-state index contributed by atoms with van der Waals surface area (Å²) in [7, 11) is 0. The molecule has 0 aromatic heterocycles. The fourth-order valence-corrected chi connectivity index (χ4v) is 1.97. The zero-order chi connectivity index (χ0) is 12.8. The molecule has 0 aliphatic rings. The highest BCUT2D eigenvalue weighted by Gasteiger charge is 2.06. The van der Waals surface area contributed by atoms with E-state index >= 15 is 0 Å². The number of fused-ring (bicyclic) bond motifs is 1. The summed E-state index contributed by atoms with van der Waals surface area (Å²) in [5.41, 5.74) is 2.27. The highest BCUT2D eigenvalue weighted by atomic mass is 16.3. The van der Waals surface area contributed by atoms with Crippen LogP contribution in [-0.2, 0) is 6.42 Å². The van der Waals surface area contributed by atoms with Crippen LogP contribution in [0.1, 0.15) is 31.9 Å². The second-order valence-corrected chi connectivity index (χ2v) is 3.57. The van der Waals surface area contributed by atoms with Crippen molar-refractivity contribution in [2.24, 2.45) is 0 Å². The van der Waals surface area contributed by atoms with Gasteiger partial charge < -0.3 is 5.11 Å². The minimum absolute atomic E-state index is 0.331. The van der Waals surface area contributed by atoms with Crippen LogP contribution in [0.2, 0.25) is 0 Å². The molecule has 0 saturated heterocycles.